The average molecular weight is 478 g/mol. The van der Waals surface area contributed by atoms with Gasteiger partial charge in [0.1, 0.15) is 59.6 Å². The maximum atomic E-state index is 12.0. The third-order valence-electron chi connectivity index (χ3n) is 4.89. The van der Waals surface area contributed by atoms with Gasteiger partial charge in [-0.25, -0.2) is 9.59 Å². The molecule has 2 aromatic rings. The van der Waals surface area contributed by atoms with E-state index in [0.29, 0.717) is 5.56 Å². The van der Waals surface area contributed by atoms with E-state index in [1.807, 2.05) is 0 Å². The highest BCUT2D eigenvalue weighted by atomic mass is 16.7. The first-order valence-corrected chi connectivity index (χ1v) is 9.86. The van der Waals surface area contributed by atoms with E-state index in [0.717, 1.165) is 18.2 Å². The maximum Gasteiger partial charge on any atom is 0.343 e. The molecule has 0 bridgehead atoms. The molecule has 1 aliphatic heterocycles. The van der Waals surface area contributed by atoms with Crippen LogP contribution in [0.4, 0.5) is 0 Å². The van der Waals surface area contributed by atoms with Crippen LogP contribution in [0.5, 0.6) is 23.0 Å². The number of aliphatic hydroxyl groups is 3. The standard InChI is InChI=1S/C22H22O12/c23-11-4-1-10(2-5-11)3-6-16(26)32-9-15-18(27)19(28)20(29)22(34-15)33-14-8-12(24)7-13(25)17(14)21(30)31/h1-8,15,18-20,22-25,27-29H,9H2,(H,30,31)/b6-3-/t15-,18-,19+,20-,22-/m1/s1. The second-order valence-electron chi connectivity index (χ2n) is 7.33. The van der Waals surface area contributed by atoms with Crippen LogP contribution in [0.15, 0.2) is 42.5 Å². The van der Waals surface area contributed by atoms with Gasteiger partial charge in [0.05, 0.1) is 0 Å². The molecule has 1 heterocycles. The molecule has 0 radical (unpaired) electrons. The van der Waals surface area contributed by atoms with Gasteiger partial charge in [-0.2, -0.15) is 0 Å². The molecule has 0 unspecified atom stereocenters. The Kier molecular flexibility index (Phi) is 7.58. The van der Waals surface area contributed by atoms with Crippen molar-refractivity contribution < 1.29 is 59.5 Å². The zero-order chi connectivity index (χ0) is 25.0. The first-order valence-electron chi connectivity index (χ1n) is 9.86. The molecule has 7 N–H and O–H groups in total. The molecule has 0 aliphatic carbocycles. The summed E-state index contributed by atoms with van der Waals surface area (Å²) in [6.45, 7) is -0.569. The number of esters is 1. The Labute approximate surface area is 192 Å². The van der Waals surface area contributed by atoms with Crippen molar-refractivity contribution in [2.24, 2.45) is 0 Å². The van der Waals surface area contributed by atoms with Crippen molar-refractivity contribution >= 4 is 18.0 Å². The molecule has 0 spiro atoms. The Morgan fingerprint density at radius 1 is 0.941 bits per heavy atom. The van der Waals surface area contributed by atoms with Gasteiger partial charge in [0.15, 0.2) is 0 Å². The van der Waals surface area contributed by atoms with Gasteiger partial charge >= 0.3 is 11.9 Å². The lowest BCUT2D eigenvalue weighted by atomic mass is 9.99. The van der Waals surface area contributed by atoms with Crippen molar-refractivity contribution in [1.82, 2.24) is 0 Å². The summed E-state index contributed by atoms with van der Waals surface area (Å²) in [4.78, 5) is 23.4. The van der Waals surface area contributed by atoms with Gasteiger partial charge in [-0.05, 0) is 23.8 Å². The summed E-state index contributed by atoms with van der Waals surface area (Å²) in [5, 5.41) is 68.5. The summed E-state index contributed by atoms with van der Waals surface area (Å²) in [7, 11) is 0. The van der Waals surface area contributed by atoms with E-state index in [2.05, 4.69) is 0 Å². The van der Waals surface area contributed by atoms with Crippen LogP contribution in [0.25, 0.3) is 6.08 Å². The summed E-state index contributed by atoms with van der Waals surface area (Å²) in [6, 6.07) is 7.56. The molecule has 1 fully saturated rings. The molecule has 0 saturated carbocycles. The lowest BCUT2D eigenvalue weighted by molar-refractivity contribution is -0.278. The van der Waals surface area contributed by atoms with Crippen molar-refractivity contribution in [3.05, 3.63) is 53.6 Å². The lowest BCUT2D eigenvalue weighted by Crippen LogP contribution is -2.60. The molecular weight excluding hydrogens is 456 g/mol. The van der Waals surface area contributed by atoms with Crippen LogP contribution in [0, 0.1) is 0 Å². The smallest absolute Gasteiger partial charge is 0.343 e. The summed E-state index contributed by atoms with van der Waals surface area (Å²) in [5.41, 5.74) is -0.143. The van der Waals surface area contributed by atoms with Gasteiger partial charge in [0.25, 0.3) is 0 Å². The average Bonchev–Trinajstić information content (AvgIpc) is 2.77. The number of aliphatic hydroxyl groups excluding tert-OH is 3. The van der Waals surface area contributed by atoms with E-state index in [9.17, 15) is 45.3 Å². The molecule has 0 amide bonds. The molecule has 1 aliphatic rings. The van der Waals surface area contributed by atoms with Crippen LogP contribution < -0.4 is 4.74 Å². The highest BCUT2D eigenvalue weighted by molar-refractivity contribution is 5.94. The Morgan fingerprint density at radius 3 is 2.26 bits per heavy atom. The summed E-state index contributed by atoms with van der Waals surface area (Å²) >= 11 is 0. The highest BCUT2D eigenvalue weighted by Gasteiger charge is 2.46. The van der Waals surface area contributed by atoms with Crippen molar-refractivity contribution in [3.63, 3.8) is 0 Å². The van der Waals surface area contributed by atoms with Crippen molar-refractivity contribution in [2.75, 3.05) is 6.61 Å². The number of carbonyl (C=O) groups is 2. The second kappa shape index (κ2) is 10.4. The fourth-order valence-electron chi connectivity index (χ4n) is 3.13. The van der Waals surface area contributed by atoms with Crippen LogP contribution in [-0.4, -0.2) is 85.0 Å². The Hall–Kier alpha value is -3.84. The normalized spacial score (nSPS) is 24.6. The second-order valence-corrected chi connectivity index (χ2v) is 7.33. The van der Waals surface area contributed by atoms with E-state index in [4.69, 9.17) is 14.2 Å². The molecule has 182 valence electrons. The van der Waals surface area contributed by atoms with E-state index < -0.39 is 72.1 Å². The summed E-state index contributed by atoms with van der Waals surface area (Å²) in [5.74, 6) is -4.33. The quantitative estimate of drug-likeness (QED) is 0.207. The monoisotopic (exact) mass is 478 g/mol. The fourth-order valence-corrected chi connectivity index (χ4v) is 3.13. The number of hydrogen-bond donors (Lipinski definition) is 7. The topological polar surface area (TPSA) is 203 Å². The van der Waals surface area contributed by atoms with Crippen LogP contribution in [0.2, 0.25) is 0 Å². The van der Waals surface area contributed by atoms with Gasteiger partial charge in [0.2, 0.25) is 6.29 Å². The number of carboxylic acids is 1. The predicted octanol–water partition coefficient (Wildman–Crippen LogP) is -0.0554. The van der Waals surface area contributed by atoms with Crippen LogP contribution in [-0.2, 0) is 14.3 Å². The third kappa shape index (κ3) is 5.74. The zero-order valence-corrected chi connectivity index (χ0v) is 17.4. The molecule has 5 atom stereocenters. The lowest BCUT2D eigenvalue weighted by Gasteiger charge is -2.40. The minimum absolute atomic E-state index is 0.0529. The number of benzene rings is 2. The number of hydrogen-bond acceptors (Lipinski definition) is 11. The van der Waals surface area contributed by atoms with Crippen LogP contribution in [0.3, 0.4) is 0 Å². The molecule has 3 rings (SSSR count). The van der Waals surface area contributed by atoms with E-state index in [1.165, 1.54) is 18.2 Å². The largest absolute Gasteiger partial charge is 0.508 e. The van der Waals surface area contributed by atoms with Crippen molar-refractivity contribution in [3.8, 4) is 23.0 Å². The Balaban J connectivity index is 1.69. The van der Waals surface area contributed by atoms with E-state index in [-0.39, 0.29) is 5.75 Å². The van der Waals surface area contributed by atoms with Crippen LogP contribution >= 0.6 is 0 Å². The number of ether oxygens (including phenoxy) is 3. The maximum absolute atomic E-state index is 12.0. The fraction of sp³-hybridized carbons (Fsp3) is 0.273. The number of carbonyl (C=O) groups excluding carboxylic acids is 1. The molecule has 12 heteroatoms. The molecule has 0 aromatic heterocycles. The van der Waals surface area contributed by atoms with Gasteiger partial charge < -0.3 is 50.0 Å². The first-order chi connectivity index (χ1) is 16.1. The number of phenols is 3. The van der Waals surface area contributed by atoms with E-state index >= 15 is 0 Å². The number of aromatic carboxylic acids is 1. The Bertz CT molecular complexity index is 1060. The van der Waals surface area contributed by atoms with Gasteiger partial charge in [0, 0.05) is 18.2 Å². The van der Waals surface area contributed by atoms with Gasteiger partial charge in [-0.1, -0.05) is 12.1 Å². The number of aromatic hydroxyl groups is 3. The first kappa shape index (κ1) is 24.8. The Morgan fingerprint density at radius 2 is 1.62 bits per heavy atom. The van der Waals surface area contributed by atoms with Gasteiger partial charge in [-0.3, -0.25) is 0 Å². The molecule has 34 heavy (non-hydrogen) atoms. The third-order valence-corrected chi connectivity index (χ3v) is 4.89. The highest BCUT2D eigenvalue weighted by Crippen LogP contribution is 2.35. The van der Waals surface area contributed by atoms with Crippen molar-refractivity contribution in [1.29, 1.82) is 0 Å². The molecule has 12 nitrogen and oxygen atoms in total. The number of phenolic OH excluding ortho intramolecular Hbond substituents is 2. The molecular formula is C22H22O12. The molecule has 2 aromatic carbocycles. The minimum atomic E-state index is -1.86. The minimum Gasteiger partial charge on any atom is -0.508 e. The van der Waals surface area contributed by atoms with Crippen LogP contribution in [0.1, 0.15) is 15.9 Å². The van der Waals surface area contributed by atoms with Crippen molar-refractivity contribution in [2.45, 2.75) is 30.7 Å². The summed E-state index contributed by atoms with van der Waals surface area (Å²) < 4.78 is 15.6. The summed E-state index contributed by atoms with van der Waals surface area (Å²) in [6.07, 6.45) is -6.03. The predicted molar refractivity (Wildman–Crippen MR) is 112 cm³/mol. The zero-order valence-electron chi connectivity index (χ0n) is 17.4. The number of carboxylic acid groups (broad SMARTS) is 1. The molecule has 1 saturated heterocycles. The number of rotatable bonds is 7. The van der Waals surface area contributed by atoms with Gasteiger partial charge in [-0.15, -0.1) is 0 Å². The SMILES string of the molecule is O=C(/C=C\c1ccc(O)cc1)OC[C@H]1O[C@@H](Oc2cc(O)cc(O)c2C(=O)O)[C@H](O)[C@@H](O)[C@@H]1O. The van der Waals surface area contributed by atoms with E-state index in [1.54, 1.807) is 12.1 Å².